The summed E-state index contributed by atoms with van der Waals surface area (Å²) in [6.45, 7) is 3.95. The van der Waals surface area contributed by atoms with Gasteiger partial charge in [0.15, 0.2) is 5.60 Å². The summed E-state index contributed by atoms with van der Waals surface area (Å²) in [6.07, 6.45) is 9.64. The van der Waals surface area contributed by atoms with Crippen LogP contribution in [0.25, 0.3) is 0 Å². The normalized spacial score (nSPS) is 20.8. The largest absolute Gasteiger partial charge is 0.479 e. The lowest BCUT2D eigenvalue weighted by Crippen LogP contribution is -2.56. The minimum absolute atomic E-state index is 0.0441. The summed E-state index contributed by atoms with van der Waals surface area (Å²) in [5.74, 6) is 0.426. The Morgan fingerprint density at radius 3 is 2.58 bits per heavy atom. The maximum Gasteiger partial charge on any atom is 0.337 e. The highest BCUT2D eigenvalue weighted by Gasteiger charge is 2.43. The minimum Gasteiger partial charge on any atom is -0.479 e. The Balaban J connectivity index is 1.79. The summed E-state index contributed by atoms with van der Waals surface area (Å²) in [5.41, 5.74) is 7.33. The minimum atomic E-state index is -1.98. The Morgan fingerprint density at radius 1 is 1.35 bits per heavy atom. The van der Waals surface area contributed by atoms with Crippen molar-refractivity contribution < 1.29 is 15.0 Å². The second-order valence-corrected chi connectivity index (χ2v) is 8.77. The maximum atomic E-state index is 11.8. The Kier molecular flexibility index (Phi) is 5.68. The lowest BCUT2D eigenvalue weighted by atomic mass is 9.84. The number of aryl methyl sites for hydroxylation is 1. The van der Waals surface area contributed by atoms with Crippen LogP contribution in [-0.2, 0) is 17.6 Å². The molecular weight excluding hydrogens is 328 g/mol. The summed E-state index contributed by atoms with van der Waals surface area (Å²) in [6, 6.07) is 1.20. The highest BCUT2D eigenvalue weighted by atomic mass is 16.4. The van der Waals surface area contributed by atoms with E-state index in [9.17, 15) is 15.0 Å². The van der Waals surface area contributed by atoms with Crippen LogP contribution in [0, 0.1) is 11.8 Å². The third-order valence-corrected chi connectivity index (χ3v) is 5.78. The Hall–Kier alpha value is -1.46. The monoisotopic (exact) mass is 360 g/mol. The fourth-order valence-electron chi connectivity index (χ4n) is 3.74. The van der Waals surface area contributed by atoms with Crippen molar-refractivity contribution in [1.82, 2.24) is 4.98 Å². The van der Waals surface area contributed by atoms with Crippen LogP contribution in [0.5, 0.6) is 0 Å². The van der Waals surface area contributed by atoms with Crippen LogP contribution in [0.15, 0.2) is 12.3 Å². The van der Waals surface area contributed by atoms with Crippen LogP contribution in [-0.4, -0.2) is 32.8 Å². The van der Waals surface area contributed by atoms with E-state index in [1.807, 2.05) is 26.1 Å². The van der Waals surface area contributed by atoms with Gasteiger partial charge in [-0.2, -0.15) is 0 Å². The number of aliphatic carboxylic acids is 1. The van der Waals surface area contributed by atoms with Crippen LogP contribution < -0.4 is 5.73 Å². The maximum absolute atomic E-state index is 11.8. The number of nitrogens with zero attached hydrogens (tertiary/aromatic N) is 1. The molecule has 0 aromatic carbocycles. The van der Waals surface area contributed by atoms with E-state index in [4.69, 9.17) is 5.73 Å². The van der Waals surface area contributed by atoms with Gasteiger partial charge < -0.3 is 15.9 Å². The van der Waals surface area contributed by atoms with Crippen LogP contribution in [0.1, 0.15) is 75.1 Å². The van der Waals surface area contributed by atoms with Gasteiger partial charge in [-0.3, -0.25) is 4.98 Å². The van der Waals surface area contributed by atoms with E-state index in [1.165, 1.54) is 43.2 Å². The van der Waals surface area contributed by atoms with Gasteiger partial charge in [0.1, 0.15) is 0 Å². The zero-order valence-electron chi connectivity index (χ0n) is 15.9. The van der Waals surface area contributed by atoms with Crippen LogP contribution in [0.2, 0.25) is 0 Å². The number of nitrogens with two attached hydrogens (primary N) is 1. The molecule has 26 heavy (non-hydrogen) atoms. The molecule has 4 N–H and O–H groups in total. The molecule has 1 aromatic rings. The van der Waals surface area contributed by atoms with Crippen molar-refractivity contribution >= 4 is 5.97 Å². The number of hydrogen-bond donors (Lipinski definition) is 3. The summed E-state index contributed by atoms with van der Waals surface area (Å²) < 4.78 is 0. The van der Waals surface area contributed by atoms with E-state index in [2.05, 4.69) is 4.98 Å². The zero-order chi connectivity index (χ0) is 18.9. The molecule has 5 heteroatoms. The van der Waals surface area contributed by atoms with Crippen molar-refractivity contribution in [2.75, 3.05) is 0 Å². The molecule has 2 saturated carbocycles. The molecule has 3 rings (SSSR count). The second kappa shape index (κ2) is 7.65. The summed E-state index contributed by atoms with van der Waals surface area (Å²) in [7, 11) is 0. The molecule has 0 spiro atoms. The highest BCUT2D eigenvalue weighted by Crippen LogP contribution is 2.43. The van der Waals surface area contributed by atoms with Crippen molar-refractivity contribution in [2.45, 2.75) is 82.8 Å². The Morgan fingerprint density at radius 2 is 2.04 bits per heavy atom. The smallest absolute Gasteiger partial charge is 0.337 e. The molecular formula is C21H32N2O3. The number of pyridine rings is 1. The van der Waals surface area contributed by atoms with Crippen molar-refractivity contribution in [3.8, 4) is 0 Å². The van der Waals surface area contributed by atoms with Crippen molar-refractivity contribution in [1.29, 1.82) is 0 Å². The molecule has 0 saturated heterocycles. The Labute approximate surface area is 156 Å². The average molecular weight is 360 g/mol. The number of aliphatic hydroxyl groups is 1. The van der Waals surface area contributed by atoms with Gasteiger partial charge in [-0.05, 0) is 67.1 Å². The molecule has 5 nitrogen and oxygen atoms in total. The molecule has 0 aliphatic heterocycles. The summed E-state index contributed by atoms with van der Waals surface area (Å²) in [5, 5.41) is 20.4. The lowest BCUT2D eigenvalue weighted by molar-refractivity contribution is -0.161. The molecule has 2 fully saturated rings. The lowest BCUT2D eigenvalue weighted by Gasteiger charge is -2.31. The van der Waals surface area contributed by atoms with Gasteiger partial charge in [-0.25, -0.2) is 4.79 Å². The summed E-state index contributed by atoms with van der Waals surface area (Å²) in [4.78, 5) is 16.3. The highest BCUT2D eigenvalue weighted by molar-refractivity contribution is 5.78. The number of carboxylic acids is 1. The summed E-state index contributed by atoms with van der Waals surface area (Å²) >= 11 is 0. The molecule has 0 bridgehead atoms. The fraction of sp³-hybridized carbons (Fsp3) is 0.714. The molecule has 0 amide bonds. The van der Waals surface area contributed by atoms with E-state index in [0.717, 1.165) is 12.3 Å². The average Bonchev–Trinajstić information content (AvgIpc) is 3.46. The number of aromatic nitrogens is 1. The number of carbonyl (C=O) groups is 1. The SMILES string of the molecule is CC(C)C[C@H](N)[C@](O)(Cc1cc(CCC2CC2)c(C2CC2)cn1)C(=O)O. The van der Waals surface area contributed by atoms with E-state index in [-0.39, 0.29) is 12.3 Å². The number of carboxylic acid groups (broad SMARTS) is 1. The van der Waals surface area contributed by atoms with Gasteiger partial charge >= 0.3 is 5.97 Å². The van der Waals surface area contributed by atoms with Crippen LogP contribution >= 0.6 is 0 Å². The predicted octanol–water partition coefficient (Wildman–Crippen LogP) is 3.03. The first-order chi connectivity index (χ1) is 12.3. The topological polar surface area (TPSA) is 96.4 Å². The zero-order valence-corrected chi connectivity index (χ0v) is 15.9. The van der Waals surface area contributed by atoms with Crippen molar-refractivity contribution in [2.24, 2.45) is 17.6 Å². The van der Waals surface area contributed by atoms with E-state index in [1.54, 1.807) is 0 Å². The Bertz CT molecular complexity index is 653. The molecule has 2 atom stereocenters. The number of hydrogen-bond acceptors (Lipinski definition) is 4. The van der Waals surface area contributed by atoms with E-state index in [0.29, 0.717) is 18.0 Å². The van der Waals surface area contributed by atoms with Gasteiger partial charge in [-0.1, -0.05) is 26.7 Å². The molecule has 0 radical (unpaired) electrons. The first kappa shape index (κ1) is 19.3. The van der Waals surface area contributed by atoms with Gasteiger partial charge in [0.2, 0.25) is 0 Å². The fourth-order valence-corrected chi connectivity index (χ4v) is 3.74. The van der Waals surface area contributed by atoms with E-state index >= 15 is 0 Å². The quantitative estimate of drug-likeness (QED) is 0.596. The van der Waals surface area contributed by atoms with Crippen LogP contribution in [0.4, 0.5) is 0 Å². The third-order valence-electron chi connectivity index (χ3n) is 5.78. The third kappa shape index (κ3) is 4.63. The van der Waals surface area contributed by atoms with Gasteiger partial charge in [0.25, 0.3) is 0 Å². The van der Waals surface area contributed by atoms with E-state index < -0.39 is 17.6 Å². The van der Waals surface area contributed by atoms with Gasteiger partial charge in [0, 0.05) is 24.4 Å². The molecule has 2 aliphatic carbocycles. The van der Waals surface area contributed by atoms with Crippen molar-refractivity contribution in [3.05, 3.63) is 29.1 Å². The van der Waals surface area contributed by atoms with Crippen molar-refractivity contribution in [3.63, 3.8) is 0 Å². The number of rotatable bonds is 10. The molecule has 2 aliphatic rings. The molecule has 0 unspecified atom stereocenters. The standard InChI is InChI=1S/C21H32N2O3/c1-13(2)9-19(22)21(26,20(24)25)11-17-10-16(6-5-14-3-4-14)18(12-23-17)15-7-8-15/h10,12-15,19,26H,3-9,11,22H2,1-2H3,(H,24,25)/t19-,21+/m0/s1. The predicted molar refractivity (Wildman–Crippen MR) is 101 cm³/mol. The molecule has 1 heterocycles. The second-order valence-electron chi connectivity index (χ2n) is 8.77. The first-order valence-corrected chi connectivity index (χ1v) is 9.98. The first-order valence-electron chi connectivity index (χ1n) is 9.98. The molecule has 1 aromatic heterocycles. The van der Waals surface area contributed by atoms with Gasteiger partial charge in [0.05, 0.1) is 0 Å². The van der Waals surface area contributed by atoms with Crippen LogP contribution in [0.3, 0.4) is 0 Å². The van der Waals surface area contributed by atoms with Gasteiger partial charge in [-0.15, -0.1) is 0 Å². The molecule has 144 valence electrons.